The number of methoxy groups -OCH3 is 1. The minimum atomic E-state index is -0.270. The monoisotopic (exact) mass is 291 g/mol. The number of rotatable bonds is 6. The van der Waals surface area contributed by atoms with Gasteiger partial charge >= 0.3 is 0 Å². The first-order valence-electron chi connectivity index (χ1n) is 5.45. The van der Waals surface area contributed by atoms with Crippen LogP contribution in [0.2, 0.25) is 10.0 Å². The third-order valence-electron chi connectivity index (χ3n) is 2.40. The number of nitrogens with zero attached hydrogens (tertiary/aromatic N) is 1. The molecule has 1 amide bonds. The summed E-state index contributed by atoms with van der Waals surface area (Å²) in [6, 6.07) is 4.88. The summed E-state index contributed by atoms with van der Waals surface area (Å²) < 4.78 is 4.92. The quantitative estimate of drug-likeness (QED) is 0.873. The van der Waals surface area contributed by atoms with Crippen LogP contribution in [0.25, 0.3) is 0 Å². The molecule has 0 atom stereocenters. The maximum absolute atomic E-state index is 12.2. The average Bonchev–Trinajstić information content (AvgIpc) is 2.37. The van der Waals surface area contributed by atoms with Crippen molar-refractivity contribution in [2.24, 2.45) is 0 Å². The molecule has 18 heavy (non-hydrogen) atoms. The molecule has 1 aromatic carbocycles. The number of ether oxygens (including phenoxy) is 1. The lowest BCUT2D eigenvalue weighted by Gasteiger charge is -2.22. The molecule has 6 heteroatoms. The van der Waals surface area contributed by atoms with Crippen LogP contribution in [-0.2, 0) is 4.74 Å². The molecule has 1 rings (SSSR count). The summed E-state index contributed by atoms with van der Waals surface area (Å²) in [4.78, 5) is 13.7. The van der Waals surface area contributed by atoms with E-state index in [0.29, 0.717) is 23.7 Å². The molecule has 0 aliphatic heterocycles. The predicted octanol–water partition coefficient (Wildman–Crippen LogP) is 2.07. The molecule has 0 aromatic heterocycles. The highest BCUT2D eigenvalue weighted by molar-refractivity contribution is 6.43. The van der Waals surface area contributed by atoms with E-state index in [-0.39, 0.29) is 24.1 Å². The van der Waals surface area contributed by atoms with Gasteiger partial charge in [-0.1, -0.05) is 29.3 Å². The number of halogens is 2. The molecule has 0 radical (unpaired) electrons. The number of hydrogen-bond donors (Lipinski definition) is 1. The Morgan fingerprint density at radius 3 is 2.72 bits per heavy atom. The molecule has 1 aromatic rings. The fourth-order valence-electron chi connectivity index (χ4n) is 1.48. The van der Waals surface area contributed by atoms with Gasteiger partial charge in [-0.05, 0) is 12.1 Å². The molecule has 0 spiro atoms. The van der Waals surface area contributed by atoms with Crippen molar-refractivity contribution in [3.8, 4) is 0 Å². The first-order valence-corrected chi connectivity index (χ1v) is 6.20. The van der Waals surface area contributed by atoms with E-state index < -0.39 is 0 Å². The van der Waals surface area contributed by atoms with Crippen LogP contribution in [0.3, 0.4) is 0 Å². The van der Waals surface area contributed by atoms with Crippen molar-refractivity contribution in [2.45, 2.75) is 0 Å². The molecule has 0 aliphatic carbocycles. The van der Waals surface area contributed by atoms with Gasteiger partial charge in [-0.25, -0.2) is 0 Å². The van der Waals surface area contributed by atoms with Crippen molar-refractivity contribution in [3.05, 3.63) is 33.8 Å². The van der Waals surface area contributed by atoms with Gasteiger partial charge in [0.2, 0.25) is 0 Å². The Bertz CT molecular complexity index is 412. The molecule has 0 saturated carbocycles. The van der Waals surface area contributed by atoms with Gasteiger partial charge in [0.15, 0.2) is 0 Å². The molecule has 0 unspecified atom stereocenters. The summed E-state index contributed by atoms with van der Waals surface area (Å²) in [6.45, 7) is 0.890. The van der Waals surface area contributed by atoms with Crippen LogP contribution >= 0.6 is 23.2 Å². The van der Waals surface area contributed by atoms with E-state index >= 15 is 0 Å². The van der Waals surface area contributed by atoms with Gasteiger partial charge in [-0.15, -0.1) is 0 Å². The Hall–Kier alpha value is -0.810. The van der Waals surface area contributed by atoms with E-state index in [9.17, 15) is 4.79 Å². The Balaban J connectivity index is 2.90. The van der Waals surface area contributed by atoms with Gasteiger partial charge in [0, 0.05) is 20.2 Å². The van der Waals surface area contributed by atoms with Crippen LogP contribution in [0, 0.1) is 0 Å². The van der Waals surface area contributed by atoms with Crippen molar-refractivity contribution in [3.63, 3.8) is 0 Å². The Morgan fingerprint density at radius 2 is 2.11 bits per heavy atom. The van der Waals surface area contributed by atoms with E-state index in [4.69, 9.17) is 33.0 Å². The molecule has 0 bridgehead atoms. The van der Waals surface area contributed by atoms with Crippen molar-refractivity contribution in [1.82, 2.24) is 4.90 Å². The number of carbonyl (C=O) groups is 1. The fourth-order valence-corrected chi connectivity index (χ4v) is 1.86. The number of benzene rings is 1. The van der Waals surface area contributed by atoms with Gasteiger partial charge in [0.05, 0.1) is 28.8 Å². The number of amides is 1. The molecule has 0 saturated heterocycles. The van der Waals surface area contributed by atoms with Crippen LogP contribution in [0.1, 0.15) is 10.4 Å². The van der Waals surface area contributed by atoms with Gasteiger partial charge in [0.1, 0.15) is 0 Å². The van der Waals surface area contributed by atoms with Crippen LogP contribution in [0.4, 0.5) is 0 Å². The maximum atomic E-state index is 12.2. The topological polar surface area (TPSA) is 49.8 Å². The van der Waals surface area contributed by atoms with Crippen LogP contribution in [0.5, 0.6) is 0 Å². The zero-order valence-corrected chi connectivity index (χ0v) is 11.5. The Kier molecular flexibility index (Phi) is 6.43. The summed E-state index contributed by atoms with van der Waals surface area (Å²) in [5.74, 6) is -0.270. The zero-order valence-electron chi connectivity index (χ0n) is 10.0. The van der Waals surface area contributed by atoms with Crippen LogP contribution in [0.15, 0.2) is 18.2 Å². The molecular weight excluding hydrogens is 277 g/mol. The highest BCUT2D eigenvalue weighted by Crippen LogP contribution is 2.26. The van der Waals surface area contributed by atoms with E-state index in [1.165, 1.54) is 4.90 Å². The Labute approximate surface area is 116 Å². The summed E-state index contributed by atoms with van der Waals surface area (Å²) in [5.41, 5.74) is 0.328. The molecule has 4 nitrogen and oxygen atoms in total. The number of aliphatic hydroxyl groups is 1. The smallest absolute Gasteiger partial charge is 0.255 e. The highest BCUT2D eigenvalue weighted by Gasteiger charge is 2.18. The van der Waals surface area contributed by atoms with E-state index in [1.54, 1.807) is 25.3 Å². The van der Waals surface area contributed by atoms with Crippen LogP contribution in [-0.4, -0.2) is 49.3 Å². The largest absolute Gasteiger partial charge is 0.395 e. The van der Waals surface area contributed by atoms with Gasteiger partial charge in [-0.2, -0.15) is 0 Å². The third kappa shape index (κ3) is 3.85. The lowest BCUT2D eigenvalue weighted by molar-refractivity contribution is 0.0656. The number of hydrogen-bond acceptors (Lipinski definition) is 3. The minimum absolute atomic E-state index is 0.117. The standard InChI is InChI=1S/C12H15Cl2NO3/c1-18-8-6-15(5-7-16)12(17)9-3-2-4-10(13)11(9)14/h2-4,16H,5-8H2,1H3. The summed E-state index contributed by atoms with van der Waals surface area (Å²) in [7, 11) is 1.55. The zero-order chi connectivity index (χ0) is 13.5. The number of aliphatic hydroxyl groups excluding tert-OH is 1. The van der Waals surface area contributed by atoms with Gasteiger partial charge < -0.3 is 14.7 Å². The second-order valence-corrected chi connectivity index (χ2v) is 4.40. The third-order valence-corrected chi connectivity index (χ3v) is 3.22. The summed E-state index contributed by atoms with van der Waals surface area (Å²) in [6.07, 6.45) is 0. The van der Waals surface area contributed by atoms with Crippen molar-refractivity contribution in [2.75, 3.05) is 33.4 Å². The first-order chi connectivity index (χ1) is 8.61. The van der Waals surface area contributed by atoms with Crippen LogP contribution < -0.4 is 0 Å². The molecule has 0 aliphatic rings. The second kappa shape index (κ2) is 7.59. The highest BCUT2D eigenvalue weighted by atomic mass is 35.5. The van der Waals surface area contributed by atoms with E-state index in [0.717, 1.165) is 0 Å². The molecule has 100 valence electrons. The molecule has 0 heterocycles. The lowest BCUT2D eigenvalue weighted by atomic mass is 10.2. The van der Waals surface area contributed by atoms with Gasteiger partial charge in [-0.3, -0.25) is 4.79 Å². The summed E-state index contributed by atoms with van der Waals surface area (Å²) >= 11 is 11.9. The average molecular weight is 292 g/mol. The normalized spacial score (nSPS) is 10.4. The Morgan fingerprint density at radius 1 is 1.39 bits per heavy atom. The fraction of sp³-hybridized carbons (Fsp3) is 0.417. The molecule has 0 fully saturated rings. The molecular formula is C12H15Cl2NO3. The second-order valence-electron chi connectivity index (χ2n) is 3.61. The maximum Gasteiger partial charge on any atom is 0.255 e. The lowest BCUT2D eigenvalue weighted by Crippen LogP contribution is -2.36. The van der Waals surface area contributed by atoms with E-state index in [2.05, 4.69) is 0 Å². The van der Waals surface area contributed by atoms with Gasteiger partial charge in [0.25, 0.3) is 5.91 Å². The first kappa shape index (κ1) is 15.2. The van der Waals surface area contributed by atoms with E-state index in [1.807, 2.05) is 0 Å². The predicted molar refractivity (Wildman–Crippen MR) is 71.3 cm³/mol. The van der Waals surface area contributed by atoms with Crippen molar-refractivity contribution in [1.29, 1.82) is 0 Å². The summed E-state index contributed by atoms with van der Waals surface area (Å²) in [5, 5.41) is 9.52. The molecule has 1 N–H and O–H groups in total. The number of carbonyl (C=O) groups excluding carboxylic acids is 1. The minimum Gasteiger partial charge on any atom is -0.395 e. The SMILES string of the molecule is COCCN(CCO)C(=O)c1cccc(Cl)c1Cl. The van der Waals surface area contributed by atoms with Crippen molar-refractivity contribution < 1.29 is 14.6 Å². The van der Waals surface area contributed by atoms with Crippen molar-refractivity contribution >= 4 is 29.1 Å².